The van der Waals surface area contributed by atoms with Crippen LogP contribution in [0.4, 0.5) is 0 Å². The monoisotopic (exact) mass is 334 g/mol. The average molecular weight is 334 g/mol. The van der Waals surface area contributed by atoms with Crippen molar-refractivity contribution in [1.29, 1.82) is 0 Å². The van der Waals surface area contributed by atoms with Crippen molar-refractivity contribution in [1.82, 2.24) is 20.0 Å². The largest absolute Gasteiger partial charge is 0.423 e. The summed E-state index contributed by atoms with van der Waals surface area (Å²) in [5.74, 6) is 1.46. The molecule has 1 fully saturated rings. The molecule has 1 saturated heterocycles. The minimum absolute atomic E-state index is 0.0818. The van der Waals surface area contributed by atoms with E-state index in [-0.39, 0.29) is 5.41 Å². The molecule has 3 heterocycles. The predicted octanol–water partition coefficient (Wildman–Crippen LogP) is 3.14. The zero-order chi connectivity index (χ0) is 16.3. The van der Waals surface area contributed by atoms with E-state index in [1.54, 1.807) is 0 Å². The molecule has 0 saturated carbocycles. The Balaban J connectivity index is 1.53. The predicted molar refractivity (Wildman–Crippen MR) is 92.5 cm³/mol. The minimum atomic E-state index is -0.0818. The summed E-state index contributed by atoms with van der Waals surface area (Å²) in [6.45, 7) is 12.5. The number of nitrogens with zero attached hydrogens (tertiary/aromatic N) is 4. The van der Waals surface area contributed by atoms with E-state index in [0.29, 0.717) is 0 Å². The standard InChI is InChI=1S/C17H26N4OS/c1-17(2,3)16-19-18-15(22-16)13-21-8-5-7-20(9-10-21)12-14-6-4-11-23-14/h4,6,11H,5,7-10,12-13H2,1-3H3. The van der Waals surface area contributed by atoms with Crippen LogP contribution in [0.15, 0.2) is 21.9 Å². The molecule has 2 aromatic rings. The molecule has 126 valence electrons. The lowest BCUT2D eigenvalue weighted by molar-refractivity contribution is 0.227. The van der Waals surface area contributed by atoms with Crippen LogP contribution in [0.25, 0.3) is 0 Å². The van der Waals surface area contributed by atoms with Crippen molar-refractivity contribution in [2.75, 3.05) is 26.2 Å². The van der Waals surface area contributed by atoms with Crippen LogP contribution >= 0.6 is 11.3 Å². The second-order valence-corrected chi connectivity index (χ2v) is 8.27. The van der Waals surface area contributed by atoms with Crippen molar-refractivity contribution in [3.8, 4) is 0 Å². The summed E-state index contributed by atoms with van der Waals surface area (Å²) in [6, 6.07) is 4.35. The van der Waals surface area contributed by atoms with Crippen molar-refractivity contribution in [3.05, 3.63) is 34.2 Å². The zero-order valence-corrected chi connectivity index (χ0v) is 15.1. The molecule has 3 rings (SSSR count). The van der Waals surface area contributed by atoms with Crippen molar-refractivity contribution in [3.63, 3.8) is 0 Å². The topological polar surface area (TPSA) is 45.4 Å². The Morgan fingerprint density at radius 1 is 1.09 bits per heavy atom. The molecule has 0 aliphatic carbocycles. The smallest absolute Gasteiger partial charge is 0.230 e. The van der Waals surface area contributed by atoms with Gasteiger partial charge in [-0.15, -0.1) is 21.5 Å². The molecule has 0 aromatic carbocycles. The van der Waals surface area contributed by atoms with E-state index in [2.05, 4.69) is 58.3 Å². The maximum absolute atomic E-state index is 5.83. The molecular weight excluding hydrogens is 308 g/mol. The van der Waals surface area contributed by atoms with Crippen molar-refractivity contribution >= 4 is 11.3 Å². The van der Waals surface area contributed by atoms with Gasteiger partial charge in [-0.3, -0.25) is 9.80 Å². The average Bonchev–Trinajstić information content (AvgIpc) is 3.10. The van der Waals surface area contributed by atoms with Gasteiger partial charge in [-0.05, 0) is 31.0 Å². The second kappa shape index (κ2) is 7.11. The Morgan fingerprint density at radius 3 is 2.43 bits per heavy atom. The van der Waals surface area contributed by atoms with Gasteiger partial charge in [0.05, 0.1) is 6.54 Å². The molecule has 0 unspecified atom stereocenters. The van der Waals surface area contributed by atoms with Gasteiger partial charge in [0.25, 0.3) is 0 Å². The Morgan fingerprint density at radius 2 is 1.83 bits per heavy atom. The van der Waals surface area contributed by atoms with Crippen LogP contribution in [-0.4, -0.2) is 46.2 Å². The molecule has 6 heteroatoms. The van der Waals surface area contributed by atoms with Crippen LogP contribution in [-0.2, 0) is 18.5 Å². The first-order valence-electron chi connectivity index (χ1n) is 8.31. The van der Waals surface area contributed by atoms with E-state index in [0.717, 1.165) is 51.0 Å². The van der Waals surface area contributed by atoms with Gasteiger partial charge in [-0.2, -0.15) is 0 Å². The van der Waals surface area contributed by atoms with E-state index in [1.165, 1.54) is 11.3 Å². The quantitative estimate of drug-likeness (QED) is 0.859. The maximum Gasteiger partial charge on any atom is 0.230 e. The molecule has 0 atom stereocenters. The summed E-state index contributed by atoms with van der Waals surface area (Å²) in [5.41, 5.74) is -0.0818. The first-order chi connectivity index (χ1) is 11.0. The molecule has 0 spiro atoms. The Kier molecular flexibility index (Phi) is 5.14. The summed E-state index contributed by atoms with van der Waals surface area (Å²) in [7, 11) is 0. The first kappa shape index (κ1) is 16.6. The van der Waals surface area contributed by atoms with Gasteiger partial charge in [0, 0.05) is 29.9 Å². The molecule has 0 bridgehead atoms. The molecule has 0 amide bonds. The fourth-order valence-corrected chi connectivity index (χ4v) is 3.52. The fraction of sp³-hybridized carbons (Fsp3) is 0.647. The van der Waals surface area contributed by atoms with E-state index < -0.39 is 0 Å². The molecule has 0 N–H and O–H groups in total. The molecular formula is C17H26N4OS. The summed E-state index contributed by atoms with van der Waals surface area (Å²) in [6.07, 6.45) is 1.19. The van der Waals surface area contributed by atoms with Gasteiger partial charge in [-0.1, -0.05) is 26.8 Å². The van der Waals surface area contributed by atoms with E-state index >= 15 is 0 Å². The Bertz CT molecular complexity index is 602. The van der Waals surface area contributed by atoms with Gasteiger partial charge < -0.3 is 4.42 Å². The van der Waals surface area contributed by atoms with E-state index in [1.807, 2.05) is 11.3 Å². The third-order valence-corrected chi connectivity index (χ3v) is 4.97. The lowest BCUT2D eigenvalue weighted by Gasteiger charge is -2.20. The highest BCUT2D eigenvalue weighted by atomic mass is 32.1. The Hall–Kier alpha value is -1.24. The number of hydrogen-bond donors (Lipinski definition) is 0. The molecule has 5 nitrogen and oxygen atoms in total. The van der Waals surface area contributed by atoms with E-state index in [4.69, 9.17) is 4.42 Å². The van der Waals surface area contributed by atoms with Gasteiger partial charge in [0.1, 0.15) is 0 Å². The van der Waals surface area contributed by atoms with Crippen molar-refractivity contribution in [2.45, 2.75) is 45.7 Å². The first-order valence-corrected chi connectivity index (χ1v) is 9.18. The second-order valence-electron chi connectivity index (χ2n) is 7.24. The SMILES string of the molecule is CC(C)(C)c1nnc(CN2CCCN(Cc3cccs3)CC2)o1. The van der Waals surface area contributed by atoms with Crippen LogP contribution in [0, 0.1) is 0 Å². The molecule has 0 radical (unpaired) electrons. The van der Waals surface area contributed by atoms with Crippen LogP contribution in [0.1, 0.15) is 43.9 Å². The molecule has 1 aliphatic rings. The molecule has 2 aromatic heterocycles. The molecule has 1 aliphatic heterocycles. The third-order valence-electron chi connectivity index (χ3n) is 4.11. The van der Waals surface area contributed by atoms with Crippen molar-refractivity contribution < 1.29 is 4.42 Å². The van der Waals surface area contributed by atoms with Crippen molar-refractivity contribution in [2.24, 2.45) is 0 Å². The number of rotatable bonds is 4. The highest BCUT2D eigenvalue weighted by molar-refractivity contribution is 7.09. The number of thiophene rings is 1. The van der Waals surface area contributed by atoms with Gasteiger partial charge in [0.2, 0.25) is 11.8 Å². The summed E-state index contributed by atoms with van der Waals surface area (Å²) in [4.78, 5) is 6.42. The highest BCUT2D eigenvalue weighted by Crippen LogP contribution is 2.21. The van der Waals surface area contributed by atoms with E-state index in [9.17, 15) is 0 Å². The normalized spacial score (nSPS) is 18.2. The summed E-state index contributed by atoms with van der Waals surface area (Å²) in [5, 5.41) is 10.6. The summed E-state index contributed by atoms with van der Waals surface area (Å²) < 4.78 is 5.83. The lowest BCUT2D eigenvalue weighted by atomic mass is 9.97. The zero-order valence-electron chi connectivity index (χ0n) is 14.3. The van der Waals surface area contributed by atoms with Crippen LogP contribution in [0.3, 0.4) is 0 Å². The van der Waals surface area contributed by atoms with Gasteiger partial charge >= 0.3 is 0 Å². The van der Waals surface area contributed by atoms with Crippen LogP contribution in [0.5, 0.6) is 0 Å². The van der Waals surface area contributed by atoms with Crippen LogP contribution in [0.2, 0.25) is 0 Å². The number of hydrogen-bond acceptors (Lipinski definition) is 6. The van der Waals surface area contributed by atoms with Gasteiger partial charge in [-0.25, -0.2) is 0 Å². The third kappa shape index (κ3) is 4.62. The highest BCUT2D eigenvalue weighted by Gasteiger charge is 2.23. The van der Waals surface area contributed by atoms with Gasteiger partial charge in [0.15, 0.2) is 0 Å². The lowest BCUT2D eigenvalue weighted by Crippen LogP contribution is -2.30. The summed E-state index contributed by atoms with van der Waals surface area (Å²) >= 11 is 1.84. The Labute approximate surface area is 142 Å². The van der Waals surface area contributed by atoms with Crippen LogP contribution < -0.4 is 0 Å². The minimum Gasteiger partial charge on any atom is -0.423 e. The maximum atomic E-state index is 5.83. The number of aromatic nitrogens is 2. The fourth-order valence-electron chi connectivity index (χ4n) is 2.78. The molecule has 23 heavy (non-hydrogen) atoms.